The van der Waals surface area contributed by atoms with Gasteiger partial charge < -0.3 is 37.9 Å². The van der Waals surface area contributed by atoms with E-state index in [9.17, 15) is 9.59 Å². The van der Waals surface area contributed by atoms with Crippen molar-refractivity contribution in [3.05, 3.63) is 41.5 Å². The summed E-state index contributed by atoms with van der Waals surface area (Å²) in [5, 5.41) is 0. The van der Waals surface area contributed by atoms with Crippen molar-refractivity contribution in [1.82, 2.24) is 0 Å². The Morgan fingerprint density at radius 3 is 2.35 bits per heavy atom. The molecule has 0 amide bonds. The summed E-state index contributed by atoms with van der Waals surface area (Å²) in [5.41, 5.74) is 0.645. The number of methoxy groups -OCH3 is 3. The van der Waals surface area contributed by atoms with E-state index in [0.717, 1.165) is 0 Å². The second-order valence-electron chi connectivity index (χ2n) is 9.29. The number of carbonyl (C=O) groups is 2. The van der Waals surface area contributed by atoms with E-state index in [1.165, 1.54) is 27.4 Å². The molecule has 3 rings (SSSR count). The lowest BCUT2D eigenvalue weighted by atomic mass is 9.98. The van der Waals surface area contributed by atoms with Crippen molar-refractivity contribution in [3.63, 3.8) is 0 Å². The van der Waals surface area contributed by atoms with Crippen LogP contribution < -0.4 is 9.47 Å². The second-order valence-corrected chi connectivity index (χ2v) is 9.29. The van der Waals surface area contributed by atoms with Crippen molar-refractivity contribution in [2.24, 2.45) is 5.92 Å². The van der Waals surface area contributed by atoms with Crippen LogP contribution in [0.25, 0.3) is 6.08 Å². The Kier molecular flexibility index (Phi) is 9.86. The first-order valence-electron chi connectivity index (χ1n) is 12.0. The highest BCUT2D eigenvalue weighted by Gasteiger charge is 2.48. The fourth-order valence-corrected chi connectivity index (χ4v) is 4.00. The number of rotatable bonds is 7. The first-order valence-corrected chi connectivity index (χ1v) is 12.0. The van der Waals surface area contributed by atoms with Gasteiger partial charge >= 0.3 is 5.97 Å². The maximum atomic E-state index is 13.4. The number of cyclic esters (lactones) is 1. The van der Waals surface area contributed by atoms with Crippen LogP contribution in [0.4, 0.5) is 0 Å². The van der Waals surface area contributed by atoms with Gasteiger partial charge in [0, 0.05) is 26.2 Å². The van der Waals surface area contributed by atoms with E-state index in [2.05, 4.69) is 0 Å². The van der Waals surface area contributed by atoms with Crippen molar-refractivity contribution in [1.29, 1.82) is 0 Å². The van der Waals surface area contributed by atoms with Gasteiger partial charge in [-0.3, -0.25) is 4.79 Å². The molecule has 37 heavy (non-hydrogen) atoms. The predicted octanol–water partition coefficient (Wildman–Crippen LogP) is 3.52. The normalized spacial score (nSPS) is 28.6. The van der Waals surface area contributed by atoms with Crippen LogP contribution in [0, 0.1) is 5.92 Å². The average molecular weight is 521 g/mol. The van der Waals surface area contributed by atoms with E-state index >= 15 is 0 Å². The fraction of sp³-hybridized carbons (Fsp3) is 0.556. The predicted molar refractivity (Wildman–Crippen MR) is 133 cm³/mol. The Labute approximate surface area is 217 Å². The summed E-state index contributed by atoms with van der Waals surface area (Å²) in [6.45, 7) is 6.93. The zero-order chi connectivity index (χ0) is 27.2. The van der Waals surface area contributed by atoms with Gasteiger partial charge in [0.25, 0.3) is 0 Å². The zero-order valence-electron chi connectivity index (χ0n) is 22.3. The van der Waals surface area contributed by atoms with Crippen molar-refractivity contribution >= 4 is 17.8 Å². The Hall–Kier alpha value is -2.76. The summed E-state index contributed by atoms with van der Waals surface area (Å²) in [4.78, 5) is 26.6. The first-order chi connectivity index (χ1) is 17.6. The van der Waals surface area contributed by atoms with Gasteiger partial charge in [-0.15, -0.1) is 0 Å². The molecule has 0 saturated carbocycles. The number of hydrogen-bond donors (Lipinski definition) is 0. The van der Waals surface area contributed by atoms with Crippen molar-refractivity contribution in [2.75, 3.05) is 34.9 Å². The maximum Gasteiger partial charge on any atom is 0.342 e. The Balaban J connectivity index is 2.18. The monoisotopic (exact) mass is 520 g/mol. The van der Waals surface area contributed by atoms with Crippen LogP contribution >= 0.6 is 0 Å². The molecular weight excluding hydrogens is 484 g/mol. The molecular formula is C27H36O10. The molecule has 1 aromatic rings. The summed E-state index contributed by atoms with van der Waals surface area (Å²) in [5.74, 6) is -1.48. The highest BCUT2D eigenvalue weighted by molar-refractivity contribution is 5.97. The quantitative estimate of drug-likeness (QED) is 0.391. The molecule has 0 aromatic heterocycles. The van der Waals surface area contributed by atoms with Gasteiger partial charge in [-0.2, -0.15) is 0 Å². The molecule has 1 saturated heterocycles. The number of ketones is 1. The molecule has 0 aliphatic carbocycles. The van der Waals surface area contributed by atoms with Crippen LogP contribution in [0.2, 0.25) is 0 Å². The van der Waals surface area contributed by atoms with Crippen LogP contribution in [0.5, 0.6) is 11.5 Å². The number of fused-ring (bicyclic) bond motifs is 2. The molecule has 0 spiro atoms. The SMILES string of the molecule is COCOc1cc(OC)cc2c1C(=O)O[C@@H](C)[C@H](C)/C=C\C(=O)[C@H]1OC(C)(C)OC1C(OCOC)C=C2. The van der Waals surface area contributed by atoms with E-state index in [0.29, 0.717) is 11.3 Å². The summed E-state index contributed by atoms with van der Waals surface area (Å²) in [7, 11) is 4.48. The molecule has 2 unspecified atom stereocenters. The first kappa shape index (κ1) is 28.8. The molecule has 204 valence electrons. The van der Waals surface area contributed by atoms with E-state index in [4.69, 9.17) is 37.9 Å². The van der Waals surface area contributed by atoms with E-state index < -0.39 is 36.2 Å². The Morgan fingerprint density at radius 1 is 0.946 bits per heavy atom. The Morgan fingerprint density at radius 2 is 1.68 bits per heavy atom. The molecule has 10 nitrogen and oxygen atoms in total. The molecule has 1 fully saturated rings. The van der Waals surface area contributed by atoms with E-state index in [-0.39, 0.29) is 36.6 Å². The largest absolute Gasteiger partial charge is 0.497 e. The molecule has 2 aliphatic rings. The third kappa shape index (κ3) is 7.18. The van der Waals surface area contributed by atoms with E-state index in [1.54, 1.807) is 51.1 Å². The summed E-state index contributed by atoms with van der Waals surface area (Å²) < 4.78 is 45.0. The third-order valence-electron chi connectivity index (χ3n) is 6.05. The minimum absolute atomic E-state index is 0.0597. The van der Waals surface area contributed by atoms with Gasteiger partial charge in [0.05, 0.1) is 7.11 Å². The lowest BCUT2D eigenvalue weighted by molar-refractivity contribution is -0.164. The fourth-order valence-electron chi connectivity index (χ4n) is 4.00. The standard InChI is InChI=1S/C27H36O10/c1-16-8-10-20(28)24-25(37-27(3,4)36-24)21(33-14-30-5)11-9-18-12-19(32-7)13-22(34-15-31-6)23(18)26(29)35-17(16)2/h8-13,16-17,21,24-25H,14-15H2,1-7H3/b10-8-,11-9?/t16-,17+,21?,24-,25?/m1/s1. The van der Waals surface area contributed by atoms with Gasteiger partial charge in [-0.1, -0.05) is 25.2 Å². The zero-order valence-corrected chi connectivity index (χ0v) is 22.3. The summed E-state index contributed by atoms with van der Waals surface area (Å²) >= 11 is 0. The van der Waals surface area contributed by atoms with Crippen molar-refractivity contribution in [2.45, 2.75) is 57.9 Å². The number of benzene rings is 1. The van der Waals surface area contributed by atoms with E-state index in [1.807, 2.05) is 6.92 Å². The smallest absolute Gasteiger partial charge is 0.342 e. The van der Waals surface area contributed by atoms with Gasteiger partial charge in [0.15, 0.2) is 24.5 Å². The molecule has 10 heteroatoms. The highest BCUT2D eigenvalue weighted by atomic mass is 16.8. The average Bonchev–Trinajstić information content (AvgIpc) is 3.19. The molecule has 2 heterocycles. The maximum absolute atomic E-state index is 13.4. The number of hydrogen-bond acceptors (Lipinski definition) is 10. The molecule has 0 N–H and O–H groups in total. The summed E-state index contributed by atoms with van der Waals surface area (Å²) in [6, 6.07) is 3.27. The minimum Gasteiger partial charge on any atom is -0.497 e. The molecule has 0 radical (unpaired) electrons. The molecule has 0 bridgehead atoms. The van der Waals surface area contributed by atoms with Gasteiger partial charge in [-0.05, 0) is 38.5 Å². The molecule has 2 aliphatic heterocycles. The second kappa shape index (κ2) is 12.7. The number of ether oxygens (including phenoxy) is 8. The third-order valence-corrected chi connectivity index (χ3v) is 6.05. The van der Waals surface area contributed by atoms with Crippen LogP contribution in [0.1, 0.15) is 43.6 Å². The minimum atomic E-state index is -1.02. The van der Waals surface area contributed by atoms with Crippen molar-refractivity contribution < 1.29 is 47.5 Å². The number of carbonyl (C=O) groups excluding carboxylic acids is 2. The van der Waals surface area contributed by atoms with Gasteiger partial charge in [0.1, 0.15) is 42.2 Å². The van der Waals surface area contributed by atoms with Crippen molar-refractivity contribution in [3.8, 4) is 11.5 Å². The summed E-state index contributed by atoms with van der Waals surface area (Å²) in [6.07, 6.45) is 3.48. The van der Waals surface area contributed by atoms with Crippen LogP contribution in [-0.4, -0.2) is 76.9 Å². The molecule has 5 atom stereocenters. The topological polar surface area (TPSA) is 108 Å². The lowest BCUT2D eigenvalue weighted by Crippen LogP contribution is -2.40. The van der Waals surface area contributed by atoms with Gasteiger partial charge in [-0.25, -0.2) is 4.79 Å². The lowest BCUT2D eigenvalue weighted by Gasteiger charge is -2.24. The highest BCUT2D eigenvalue weighted by Crippen LogP contribution is 2.35. The van der Waals surface area contributed by atoms with Gasteiger partial charge in [0.2, 0.25) is 0 Å². The van der Waals surface area contributed by atoms with Crippen LogP contribution in [-0.2, 0) is 33.2 Å². The Bertz CT molecular complexity index is 1010. The van der Waals surface area contributed by atoms with Crippen LogP contribution in [0.15, 0.2) is 30.4 Å². The number of esters is 1. The van der Waals surface area contributed by atoms with Crippen LogP contribution in [0.3, 0.4) is 0 Å². The molecule has 1 aromatic carbocycles.